The lowest BCUT2D eigenvalue weighted by molar-refractivity contribution is -0.395. The number of rotatable bonds is 2. The Labute approximate surface area is 93.3 Å². The molecule has 0 aromatic heterocycles. The Morgan fingerprint density at radius 1 is 1.20 bits per heavy atom. The van der Waals surface area contributed by atoms with Crippen LogP contribution in [0.25, 0.3) is 0 Å². The van der Waals surface area contributed by atoms with Gasteiger partial charge in [0.2, 0.25) is 0 Å². The van der Waals surface area contributed by atoms with Crippen LogP contribution in [0.5, 0.6) is 0 Å². The predicted octanol–water partition coefficient (Wildman–Crippen LogP) is 2.88. The van der Waals surface area contributed by atoms with Crippen molar-refractivity contribution in [1.29, 1.82) is 0 Å². The molecule has 15 heavy (non-hydrogen) atoms. The SMILES string of the molecule is Cc1cc([N+](=O)[O-])c(C)c([N+](=O)[O-])c1Br. The van der Waals surface area contributed by atoms with E-state index >= 15 is 0 Å². The van der Waals surface area contributed by atoms with Gasteiger partial charge >= 0.3 is 0 Å². The smallest absolute Gasteiger partial charge is 0.258 e. The summed E-state index contributed by atoms with van der Waals surface area (Å²) in [7, 11) is 0. The van der Waals surface area contributed by atoms with Crippen LogP contribution in [-0.4, -0.2) is 9.85 Å². The molecule has 0 radical (unpaired) electrons. The third-order valence-electron chi connectivity index (χ3n) is 2.03. The Balaban J connectivity index is 3.63. The van der Waals surface area contributed by atoms with Gasteiger partial charge in [-0.25, -0.2) is 0 Å². The quantitative estimate of drug-likeness (QED) is 0.613. The van der Waals surface area contributed by atoms with E-state index < -0.39 is 9.85 Å². The van der Waals surface area contributed by atoms with Crippen molar-refractivity contribution in [2.24, 2.45) is 0 Å². The Bertz CT molecular complexity index is 458. The molecule has 0 fully saturated rings. The fourth-order valence-electron chi connectivity index (χ4n) is 1.26. The molecule has 0 amide bonds. The van der Waals surface area contributed by atoms with Gasteiger partial charge in [0.15, 0.2) is 0 Å². The van der Waals surface area contributed by atoms with E-state index in [9.17, 15) is 20.2 Å². The van der Waals surface area contributed by atoms with Gasteiger partial charge in [0.25, 0.3) is 11.4 Å². The minimum Gasteiger partial charge on any atom is -0.258 e. The van der Waals surface area contributed by atoms with Crippen molar-refractivity contribution in [3.63, 3.8) is 0 Å². The lowest BCUT2D eigenvalue weighted by Crippen LogP contribution is -2.00. The second kappa shape index (κ2) is 3.93. The molecule has 1 rings (SSSR count). The van der Waals surface area contributed by atoms with Gasteiger partial charge in [-0.3, -0.25) is 20.2 Å². The maximum absolute atomic E-state index is 10.7. The third-order valence-corrected chi connectivity index (χ3v) is 3.03. The first kappa shape index (κ1) is 11.6. The zero-order valence-corrected chi connectivity index (χ0v) is 9.57. The molecule has 1 aromatic carbocycles. The first-order valence-electron chi connectivity index (χ1n) is 3.94. The Morgan fingerprint density at radius 2 is 1.73 bits per heavy atom. The van der Waals surface area contributed by atoms with Crippen molar-refractivity contribution < 1.29 is 9.85 Å². The zero-order chi connectivity index (χ0) is 11.7. The van der Waals surface area contributed by atoms with Gasteiger partial charge in [-0.2, -0.15) is 0 Å². The fourth-order valence-corrected chi connectivity index (χ4v) is 1.81. The molecule has 0 saturated heterocycles. The number of nitro groups is 2. The first-order chi connectivity index (χ1) is 6.86. The summed E-state index contributed by atoms with van der Waals surface area (Å²) in [6, 6.07) is 1.31. The molecular weight excluding hydrogens is 268 g/mol. The number of hydrogen-bond donors (Lipinski definition) is 0. The number of aryl methyl sites for hydroxylation is 1. The van der Waals surface area contributed by atoms with E-state index in [1.165, 1.54) is 13.0 Å². The fraction of sp³-hybridized carbons (Fsp3) is 0.250. The predicted molar refractivity (Wildman–Crippen MR) is 56.9 cm³/mol. The van der Waals surface area contributed by atoms with Gasteiger partial charge in [-0.15, -0.1) is 0 Å². The van der Waals surface area contributed by atoms with Crippen molar-refractivity contribution in [3.05, 3.63) is 41.9 Å². The Morgan fingerprint density at radius 3 is 2.13 bits per heavy atom. The Hall–Kier alpha value is -1.50. The molecule has 1 aromatic rings. The van der Waals surface area contributed by atoms with Gasteiger partial charge in [0, 0.05) is 6.07 Å². The van der Waals surface area contributed by atoms with Crippen LogP contribution in [0.2, 0.25) is 0 Å². The molecule has 0 unspecified atom stereocenters. The summed E-state index contributed by atoms with van der Waals surface area (Å²) in [6.45, 7) is 2.93. The largest absolute Gasteiger partial charge is 0.293 e. The average Bonchev–Trinajstić information content (AvgIpc) is 2.10. The lowest BCUT2D eigenvalue weighted by Gasteiger charge is -2.03. The van der Waals surface area contributed by atoms with E-state index in [-0.39, 0.29) is 21.4 Å². The normalized spacial score (nSPS) is 10.1. The molecule has 0 aliphatic heterocycles. The lowest BCUT2D eigenvalue weighted by atomic mass is 10.1. The maximum Gasteiger partial charge on any atom is 0.293 e. The van der Waals surface area contributed by atoms with Gasteiger partial charge < -0.3 is 0 Å². The topological polar surface area (TPSA) is 86.3 Å². The standard InChI is InChI=1S/C8H7BrN2O4/c1-4-3-6(10(12)13)5(2)8(7(4)9)11(14)15/h3H,1-2H3. The molecule has 0 spiro atoms. The zero-order valence-electron chi connectivity index (χ0n) is 7.98. The van der Waals surface area contributed by atoms with Crippen LogP contribution >= 0.6 is 15.9 Å². The highest BCUT2D eigenvalue weighted by atomic mass is 79.9. The third kappa shape index (κ3) is 1.96. The molecule has 6 nitrogen and oxygen atoms in total. The number of nitro benzene ring substituents is 2. The van der Waals surface area contributed by atoms with Crippen molar-refractivity contribution >= 4 is 27.3 Å². The molecule has 0 N–H and O–H groups in total. The minimum absolute atomic E-state index is 0.0578. The van der Waals surface area contributed by atoms with E-state index in [1.807, 2.05) is 0 Å². The van der Waals surface area contributed by atoms with Gasteiger partial charge in [0.1, 0.15) is 5.56 Å². The van der Waals surface area contributed by atoms with Crippen LogP contribution in [0.15, 0.2) is 10.5 Å². The summed E-state index contributed by atoms with van der Waals surface area (Å²) in [5.41, 5.74) is 0.0468. The highest BCUT2D eigenvalue weighted by Crippen LogP contribution is 2.37. The van der Waals surface area contributed by atoms with Gasteiger partial charge in [-0.05, 0) is 35.3 Å². The molecule has 0 aliphatic carbocycles. The molecule has 0 bridgehead atoms. The van der Waals surface area contributed by atoms with Crippen LogP contribution < -0.4 is 0 Å². The van der Waals surface area contributed by atoms with Crippen molar-refractivity contribution in [2.45, 2.75) is 13.8 Å². The maximum atomic E-state index is 10.7. The number of nitrogens with zero attached hydrogens (tertiary/aromatic N) is 2. The highest BCUT2D eigenvalue weighted by Gasteiger charge is 2.26. The van der Waals surface area contributed by atoms with E-state index in [1.54, 1.807) is 6.92 Å². The molecule has 0 aliphatic rings. The van der Waals surface area contributed by atoms with Crippen molar-refractivity contribution in [3.8, 4) is 0 Å². The molecule has 80 valence electrons. The van der Waals surface area contributed by atoms with Crippen molar-refractivity contribution in [1.82, 2.24) is 0 Å². The molecule has 0 saturated carbocycles. The number of halogens is 1. The van der Waals surface area contributed by atoms with E-state index in [4.69, 9.17) is 0 Å². The summed E-state index contributed by atoms with van der Waals surface area (Å²) >= 11 is 3.05. The molecule has 0 heterocycles. The summed E-state index contributed by atoms with van der Waals surface area (Å²) in [5.74, 6) is 0. The average molecular weight is 275 g/mol. The number of hydrogen-bond acceptors (Lipinski definition) is 4. The summed E-state index contributed by atoms with van der Waals surface area (Å²) in [6.07, 6.45) is 0. The van der Waals surface area contributed by atoms with E-state index in [0.717, 1.165) is 0 Å². The van der Waals surface area contributed by atoms with Gasteiger partial charge in [0.05, 0.1) is 14.3 Å². The molecule has 0 atom stereocenters. The van der Waals surface area contributed by atoms with Crippen molar-refractivity contribution in [2.75, 3.05) is 0 Å². The number of benzene rings is 1. The van der Waals surface area contributed by atoms with Crippen LogP contribution in [-0.2, 0) is 0 Å². The van der Waals surface area contributed by atoms with Gasteiger partial charge in [-0.1, -0.05) is 0 Å². The highest BCUT2D eigenvalue weighted by molar-refractivity contribution is 9.10. The van der Waals surface area contributed by atoms with E-state index in [2.05, 4.69) is 15.9 Å². The molecule has 7 heteroatoms. The van der Waals surface area contributed by atoms with Crippen LogP contribution in [0.1, 0.15) is 11.1 Å². The summed E-state index contributed by atoms with van der Waals surface area (Å²) in [4.78, 5) is 20.1. The first-order valence-corrected chi connectivity index (χ1v) is 4.74. The summed E-state index contributed by atoms with van der Waals surface area (Å²) in [5, 5.41) is 21.4. The molecular formula is C8H7BrN2O4. The minimum atomic E-state index is -0.626. The van der Waals surface area contributed by atoms with Crippen LogP contribution in [0.4, 0.5) is 11.4 Å². The Kier molecular flexibility index (Phi) is 3.04. The van der Waals surface area contributed by atoms with E-state index in [0.29, 0.717) is 5.56 Å². The second-order valence-corrected chi connectivity index (χ2v) is 3.81. The summed E-state index contributed by atoms with van der Waals surface area (Å²) < 4.78 is 0.288. The second-order valence-electron chi connectivity index (χ2n) is 3.01. The monoisotopic (exact) mass is 274 g/mol. The van der Waals surface area contributed by atoms with Crippen LogP contribution in [0, 0.1) is 34.1 Å². The van der Waals surface area contributed by atoms with Crippen LogP contribution in [0.3, 0.4) is 0 Å².